The van der Waals surface area contributed by atoms with Crippen molar-refractivity contribution in [3.63, 3.8) is 0 Å². The Kier molecular flexibility index (Phi) is 4.86. The first-order chi connectivity index (χ1) is 13.2. The van der Waals surface area contributed by atoms with Gasteiger partial charge in [-0.3, -0.25) is 9.78 Å². The highest BCUT2D eigenvalue weighted by Gasteiger charge is 2.60. The molecule has 2 fully saturated rings. The van der Waals surface area contributed by atoms with Crippen molar-refractivity contribution in [3.05, 3.63) is 28.4 Å². The van der Waals surface area contributed by atoms with Gasteiger partial charge in [-0.1, -0.05) is 37.0 Å². The molecule has 3 unspecified atom stereocenters. The summed E-state index contributed by atoms with van der Waals surface area (Å²) in [7, 11) is 0. The van der Waals surface area contributed by atoms with Gasteiger partial charge >= 0.3 is 6.43 Å². The number of rotatable bonds is 3. The number of halogens is 4. The number of piperidine rings is 1. The van der Waals surface area contributed by atoms with E-state index in [-0.39, 0.29) is 23.4 Å². The summed E-state index contributed by atoms with van der Waals surface area (Å²) in [6.07, 6.45) is 0.467. The summed E-state index contributed by atoms with van der Waals surface area (Å²) < 4.78 is 25.4. The Labute approximate surface area is 171 Å². The van der Waals surface area contributed by atoms with Gasteiger partial charge in [-0.15, -0.1) is 0 Å². The molecule has 1 aliphatic carbocycles. The molecule has 2 heterocycles. The number of hydrogen-bond acceptors (Lipinski definition) is 4. The molecule has 1 aliphatic heterocycles. The van der Waals surface area contributed by atoms with Gasteiger partial charge in [-0.05, 0) is 25.0 Å². The molecule has 2 aromatic rings. The first-order valence-corrected chi connectivity index (χ1v) is 9.92. The van der Waals surface area contributed by atoms with Crippen LogP contribution in [0.3, 0.4) is 0 Å². The predicted octanol–water partition coefficient (Wildman–Crippen LogP) is 4.31. The molecule has 150 valence electrons. The topological polar surface area (TPSA) is 58.1 Å². The number of carbonyl (C=O) groups is 1. The lowest BCUT2D eigenvalue weighted by Gasteiger charge is -2.64. The molecule has 2 aliphatic rings. The molecule has 0 bridgehead atoms. The first-order valence-electron chi connectivity index (χ1n) is 9.17. The van der Waals surface area contributed by atoms with Gasteiger partial charge in [0, 0.05) is 30.0 Å². The Morgan fingerprint density at radius 3 is 2.64 bits per heavy atom. The first kappa shape index (κ1) is 19.6. The fourth-order valence-corrected chi connectivity index (χ4v) is 5.16. The summed E-state index contributed by atoms with van der Waals surface area (Å²) in [6, 6.07) is 3.16. The van der Waals surface area contributed by atoms with Gasteiger partial charge in [0.1, 0.15) is 5.82 Å². The minimum atomic E-state index is -3.00. The van der Waals surface area contributed by atoms with Gasteiger partial charge < -0.3 is 10.2 Å². The van der Waals surface area contributed by atoms with E-state index in [4.69, 9.17) is 28.2 Å². The number of benzene rings is 1. The molecule has 1 N–H and O–H groups in total. The van der Waals surface area contributed by atoms with E-state index in [1.165, 1.54) is 0 Å². The maximum absolute atomic E-state index is 12.7. The molecule has 9 heteroatoms. The molecular formula is C19H20Cl2F2N4O. The number of nitrogens with zero attached hydrogens (tertiary/aromatic N) is 3. The van der Waals surface area contributed by atoms with Crippen LogP contribution in [0.5, 0.6) is 0 Å². The van der Waals surface area contributed by atoms with E-state index in [0.717, 1.165) is 19.4 Å². The minimum absolute atomic E-state index is 0.0822. The summed E-state index contributed by atoms with van der Waals surface area (Å²) >= 11 is 12.2. The molecule has 1 saturated heterocycles. The zero-order valence-corrected chi connectivity index (χ0v) is 16.9. The van der Waals surface area contributed by atoms with Crippen molar-refractivity contribution in [2.75, 3.05) is 11.4 Å². The zero-order chi connectivity index (χ0) is 20.2. The van der Waals surface area contributed by atoms with E-state index >= 15 is 0 Å². The van der Waals surface area contributed by atoms with E-state index < -0.39 is 12.3 Å². The van der Waals surface area contributed by atoms with Crippen molar-refractivity contribution >= 4 is 46.0 Å². The molecule has 4 rings (SSSR count). The summed E-state index contributed by atoms with van der Waals surface area (Å²) in [4.78, 5) is 22.9. The van der Waals surface area contributed by atoms with Crippen LogP contribution < -0.4 is 10.2 Å². The van der Waals surface area contributed by atoms with Crippen molar-refractivity contribution in [2.45, 2.75) is 45.2 Å². The van der Waals surface area contributed by atoms with Crippen LogP contribution in [0.1, 0.15) is 26.7 Å². The lowest BCUT2D eigenvalue weighted by Crippen LogP contribution is -2.75. The largest absolute Gasteiger partial charge is 0.351 e. The van der Waals surface area contributed by atoms with Crippen LogP contribution in [0.25, 0.3) is 11.0 Å². The fraction of sp³-hybridized carbons (Fsp3) is 0.526. The summed E-state index contributed by atoms with van der Waals surface area (Å²) in [6.45, 7) is 4.78. The highest BCUT2D eigenvalue weighted by molar-refractivity contribution is 6.42. The predicted molar refractivity (Wildman–Crippen MR) is 105 cm³/mol. The molecule has 0 spiro atoms. The van der Waals surface area contributed by atoms with Gasteiger partial charge in [0.2, 0.25) is 0 Å². The average Bonchev–Trinajstić information content (AvgIpc) is 2.65. The molecule has 0 radical (unpaired) electrons. The van der Waals surface area contributed by atoms with Crippen molar-refractivity contribution in [1.29, 1.82) is 0 Å². The van der Waals surface area contributed by atoms with Crippen LogP contribution in [0.4, 0.5) is 14.6 Å². The Bertz CT molecular complexity index is 940. The number of carbonyl (C=O) groups excluding carboxylic acids is 1. The molecular weight excluding hydrogens is 409 g/mol. The Morgan fingerprint density at radius 1 is 1.29 bits per heavy atom. The van der Waals surface area contributed by atoms with Crippen molar-refractivity contribution in [2.24, 2.45) is 11.3 Å². The second kappa shape index (κ2) is 6.95. The highest BCUT2D eigenvalue weighted by Crippen LogP contribution is 2.53. The third-order valence-electron chi connectivity index (χ3n) is 6.03. The molecule has 1 amide bonds. The van der Waals surface area contributed by atoms with Gasteiger partial charge in [0.15, 0.2) is 0 Å². The smallest absolute Gasteiger partial charge is 0.315 e. The fourth-order valence-electron chi connectivity index (χ4n) is 4.85. The molecule has 3 atom stereocenters. The number of hydrogen-bond donors (Lipinski definition) is 1. The standard InChI is InChI=1S/C19H20Cl2F2N4O/c1-19(2)15(26-18(28)17(22)23)9-4-3-5-27(16(9)19)14-8-24-12-6-10(20)11(21)7-13(12)25-14/h6-9,15-17H,3-5H2,1-2H3,(H,26,28). The molecule has 1 saturated carbocycles. The van der Waals surface area contributed by atoms with E-state index in [2.05, 4.69) is 15.2 Å². The Balaban J connectivity index is 1.63. The summed E-state index contributed by atoms with van der Waals surface area (Å²) in [5.41, 5.74) is 0.930. The third-order valence-corrected chi connectivity index (χ3v) is 6.75. The van der Waals surface area contributed by atoms with Crippen LogP contribution >= 0.6 is 23.2 Å². The van der Waals surface area contributed by atoms with E-state index in [1.54, 1.807) is 18.3 Å². The maximum atomic E-state index is 12.7. The van der Waals surface area contributed by atoms with E-state index in [0.29, 0.717) is 26.9 Å². The molecule has 1 aromatic heterocycles. The van der Waals surface area contributed by atoms with Crippen LogP contribution in [-0.4, -0.2) is 40.9 Å². The Hall–Kier alpha value is -1.73. The average molecular weight is 429 g/mol. The van der Waals surface area contributed by atoms with Gasteiger partial charge in [-0.2, -0.15) is 8.78 Å². The summed E-state index contributed by atoms with van der Waals surface area (Å²) in [5, 5.41) is 3.37. The number of aromatic nitrogens is 2. The van der Waals surface area contributed by atoms with Gasteiger partial charge in [-0.25, -0.2) is 4.98 Å². The SMILES string of the molecule is CC1(C)C(NC(=O)C(F)F)C2CCCN(c3cnc4cc(Cl)c(Cl)cc4n3)C21. The minimum Gasteiger partial charge on any atom is -0.351 e. The normalized spacial score (nSPS) is 26.1. The van der Waals surface area contributed by atoms with Crippen LogP contribution in [0.15, 0.2) is 18.3 Å². The third kappa shape index (κ3) is 3.08. The number of anilines is 1. The molecule has 5 nitrogen and oxygen atoms in total. The summed E-state index contributed by atoms with van der Waals surface area (Å²) in [5.74, 6) is -0.393. The molecule has 28 heavy (non-hydrogen) atoms. The number of nitrogens with one attached hydrogen (secondary N) is 1. The van der Waals surface area contributed by atoms with Crippen molar-refractivity contribution < 1.29 is 13.6 Å². The van der Waals surface area contributed by atoms with Gasteiger partial charge in [0.05, 0.1) is 27.3 Å². The van der Waals surface area contributed by atoms with Crippen LogP contribution in [0, 0.1) is 11.3 Å². The lowest BCUT2D eigenvalue weighted by atomic mass is 9.52. The van der Waals surface area contributed by atoms with Crippen molar-refractivity contribution in [1.82, 2.24) is 15.3 Å². The Morgan fingerprint density at radius 2 is 1.96 bits per heavy atom. The quantitative estimate of drug-likeness (QED) is 0.790. The highest BCUT2D eigenvalue weighted by atomic mass is 35.5. The second-order valence-electron chi connectivity index (χ2n) is 8.04. The van der Waals surface area contributed by atoms with Crippen molar-refractivity contribution in [3.8, 4) is 0 Å². The van der Waals surface area contributed by atoms with Crippen LogP contribution in [0.2, 0.25) is 10.0 Å². The molecule has 1 aromatic carbocycles. The van der Waals surface area contributed by atoms with E-state index in [9.17, 15) is 13.6 Å². The lowest BCUT2D eigenvalue weighted by molar-refractivity contribution is -0.138. The second-order valence-corrected chi connectivity index (χ2v) is 8.85. The number of alkyl halides is 2. The van der Waals surface area contributed by atoms with Gasteiger partial charge in [0.25, 0.3) is 5.91 Å². The van der Waals surface area contributed by atoms with Crippen LogP contribution in [-0.2, 0) is 4.79 Å². The number of amides is 1. The number of fused-ring (bicyclic) bond motifs is 2. The monoisotopic (exact) mass is 428 g/mol. The zero-order valence-electron chi connectivity index (χ0n) is 15.4. The maximum Gasteiger partial charge on any atom is 0.315 e. The van der Waals surface area contributed by atoms with E-state index in [1.807, 2.05) is 13.8 Å².